The van der Waals surface area contributed by atoms with E-state index in [1.165, 1.54) is 0 Å². The van der Waals surface area contributed by atoms with E-state index in [1.54, 1.807) is 6.33 Å². The zero-order chi connectivity index (χ0) is 15.3. The minimum absolute atomic E-state index is 0.182. The molecule has 0 spiro atoms. The maximum atomic E-state index is 12.2. The second-order valence-electron chi connectivity index (χ2n) is 6.51. The van der Waals surface area contributed by atoms with Crippen LogP contribution in [0.15, 0.2) is 12.5 Å². The average molecular weight is 294 g/mol. The number of imidazole rings is 1. The molecule has 1 fully saturated rings. The van der Waals surface area contributed by atoms with Crippen molar-refractivity contribution < 1.29 is 9.53 Å². The van der Waals surface area contributed by atoms with Gasteiger partial charge in [-0.1, -0.05) is 0 Å². The standard InChI is InChI=1S/C15H26N4O2/c1-15(2,3)21-14(20)19-8-4-5-13(19)6-7-16-9-12-10-17-11-18-12/h10-11,13,16H,4-9H2,1-3H3,(H,17,18). The Morgan fingerprint density at radius 3 is 3.05 bits per heavy atom. The van der Waals surface area contributed by atoms with E-state index in [4.69, 9.17) is 4.74 Å². The molecule has 1 aromatic rings. The molecule has 6 nitrogen and oxygen atoms in total. The van der Waals surface area contributed by atoms with Gasteiger partial charge < -0.3 is 19.9 Å². The molecule has 1 amide bonds. The Morgan fingerprint density at radius 1 is 1.57 bits per heavy atom. The van der Waals surface area contributed by atoms with Crippen LogP contribution in [0.3, 0.4) is 0 Å². The van der Waals surface area contributed by atoms with Gasteiger partial charge in [0.2, 0.25) is 0 Å². The summed E-state index contributed by atoms with van der Waals surface area (Å²) >= 11 is 0. The molecule has 0 saturated carbocycles. The highest BCUT2D eigenvalue weighted by molar-refractivity contribution is 5.68. The summed E-state index contributed by atoms with van der Waals surface area (Å²) in [5.74, 6) is 0. The van der Waals surface area contributed by atoms with E-state index in [2.05, 4.69) is 15.3 Å². The van der Waals surface area contributed by atoms with Gasteiger partial charge in [0.15, 0.2) is 0 Å². The molecule has 1 aromatic heterocycles. The zero-order valence-corrected chi connectivity index (χ0v) is 13.2. The van der Waals surface area contributed by atoms with Crippen LogP contribution in [0.2, 0.25) is 0 Å². The third-order valence-corrected chi connectivity index (χ3v) is 3.53. The highest BCUT2D eigenvalue weighted by atomic mass is 16.6. The third-order valence-electron chi connectivity index (χ3n) is 3.53. The van der Waals surface area contributed by atoms with Crippen molar-refractivity contribution in [2.75, 3.05) is 13.1 Å². The Kier molecular flexibility index (Phi) is 5.22. The number of likely N-dealkylation sites (tertiary alicyclic amines) is 1. The van der Waals surface area contributed by atoms with Gasteiger partial charge in [-0.25, -0.2) is 9.78 Å². The maximum absolute atomic E-state index is 12.2. The number of H-pyrrole nitrogens is 1. The summed E-state index contributed by atoms with van der Waals surface area (Å²) in [5, 5.41) is 3.37. The number of ether oxygens (including phenoxy) is 1. The molecule has 0 bridgehead atoms. The van der Waals surface area contributed by atoms with Crippen molar-refractivity contribution in [2.45, 2.75) is 58.2 Å². The molecule has 1 atom stereocenters. The zero-order valence-electron chi connectivity index (χ0n) is 13.2. The lowest BCUT2D eigenvalue weighted by Crippen LogP contribution is -2.40. The summed E-state index contributed by atoms with van der Waals surface area (Å²) in [6.45, 7) is 8.17. The number of rotatable bonds is 5. The van der Waals surface area contributed by atoms with Crippen molar-refractivity contribution in [1.29, 1.82) is 0 Å². The second-order valence-corrected chi connectivity index (χ2v) is 6.51. The average Bonchev–Trinajstić information content (AvgIpc) is 3.04. The third kappa shape index (κ3) is 5.04. The second kappa shape index (κ2) is 6.93. The van der Waals surface area contributed by atoms with Crippen LogP contribution in [0.1, 0.15) is 45.7 Å². The van der Waals surface area contributed by atoms with Gasteiger partial charge in [-0.05, 0) is 46.6 Å². The lowest BCUT2D eigenvalue weighted by atomic mass is 10.1. The first-order valence-electron chi connectivity index (χ1n) is 7.63. The molecule has 1 unspecified atom stereocenters. The van der Waals surface area contributed by atoms with Gasteiger partial charge in [-0.3, -0.25) is 0 Å². The molecule has 0 aromatic carbocycles. The molecule has 1 saturated heterocycles. The molecular weight excluding hydrogens is 268 g/mol. The van der Waals surface area contributed by atoms with Crippen LogP contribution < -0.4 is 5.32 Å². The number of hydrogen-bond acceptors (Lipinski definition) is 4. The van der Waals surface area contributed by atoms with Crippen LogP contribution in [0, 0.1) is 0 Å². The number of carbonyl (C=O) groups is 1. The molecule has 118 valence electrons. The number of nitrogens with one attached hydrogen (secondary N) is 2. The minimum Gasteiger partial charge on any atom is -0.444 e. The van der Waals surface area contributed by atoms with Crippen molar-refractivity contribution >= 4 is 6.09 Å². The molecule has 21 heavy (non-hydrogen) atoms. The van der Waals surface area contributed by atoms with Gasteiger partial charge in [-0.2, -0.15) is 0 Å². The predicted molar refractivity (Wildman–Crippen MR) is 80.9 cm³/mol. The topological polar surface area (TPSA) is 70.2 Å². The molecule has 1 aliphatic rings. The fourth-order valence-corrected chi connectivity index (χ4v) is 2.57. The van der Waals surface area contributed by atoms with Crippen molar-refractivity contribution in [2.24, 2.45) is 0 Å². The van der Waals surface area contributed by atoms with Crippen LogP contribution in [-0.4, -0.2) is 45.7 Å². The van der Waals surface area contributed by atoms with E-state index in [9.17, 15) is 4.79 Å². The minimum atomic E-state index is -0.427. The lowest BCUT2D eigenvalue weighted by molar-refractivity contribution is 0.0220. The summed E-state index contributed by atoms with van der Waals surface area (Å²) in [6.07, 6.45) is 6.38. The largest absolute Gasteiger partial charge is 0.444 e. The fraction of sp³-hybridized carbons (Fsp3) is 0.733. The van der Waals surface area contributed by atoms with Crippen molar-refractivity contribution in [3.63, 3.8) is 0 Å². The number of carbonyl (C=O) groups excluding carboxylic acids is 1. The van der Waals surface area contributed by atoms with Gasteiger partial charge in [0.1, 0.15) is 5.60 Å². The molecule has 2 heterocycles. The first-order valence-corrected chi connectivity index (χ1v) is 7.63. The first kappa shape index (κ1) is 15.8. The van der Waals surface area contributed by atoms with E-state index < -0.39 is 5.60 Å². The Hall–Kier alpha value is -1.56. The van der Waals surface area contributed by atoms with E-state index >= 15 is 0 Å². The molecular formula is C15H26N4O2. The Bertz CT molecular complexity index is 439. The van der Waals surface area contributed by atoms with Crippen LogP contribution in [0.4, 0.5) is 4.79 Å². The Balaban J connectivity index is 1.72. The summed E-state index contributed by atoms with van der Waals surface area (Å²) < 4.78 is 5.47. The summed E-state index contributed by atoms with van der Waals surface area (Å²) in [7, 11) is 0. The van der Waals surface area contributed by atoms with E-state index in [0.717, 1.165) is 44.6 Å². The number of aromatic nitrogens is 2. The SMILES string of the molecule is CC(C)(C)OC(=O)N1CCCC1CCNCc1cnc[nH]1. The summed E-state index contributed by atoms with van der Waals surface area (Å²) in [6, 6.07) is 0.286. The van der Waals surface area contributed by atoms with E-state index in [1.807, 2.05) is 31.9 Å². The molecule has 2 rings (SSSR count). The van der Waals surface area contributed by atoms with Crippen molar-refractivity contribution in [1.82, 2.24) is 20.2 Å². The van der Waals surface area contributed by atoms with Gasteiger partial charge >= 0.3 is 6.09 Å². The van der Waals surface area contributed by atoms with Gasteiger partial charge in [0, 0.05) is 31.0 Å². The van der Waals surface area contributed by atoms with Crippen LogP contribution in [-0.2, 0) is 11.3 Å². The van der Waals surface area contributed by atoms with Crippen LogP contribution in [0.25, 0.3) is 0 Å². The van der Waals surface area contributed by atoms with E-state index in [-0.39, 0.29) is 12.1 Å². The van der Waals surface area contributed by atoms with Gasteiger partial charge in [-0.15, -0.1) is 0 Å². The Labute approximate surface area is 126 Å². The predicted octanol–water partition coefficient (Wildman–Crippen LogP) is 2.29. The molecule has 1 aliphatic heterocycles. The number of hydrogen-bond donors (Lipinski definition) is 2. The normalized spacial score (nSPS) is 19.0. The first-order chi connectivity index (χ1) is 9.96. The molecule has 6 heteroatoms. The Morgan fingerprint density at radius 2 is 2.38 bits per heavy atom. The summed E-state index contributed by atoms with van der Waals surface area (Å²) in [5.41, 5.74) is 0.647. The highest BCUT2D eigenvalue weighted by Gasteiger charge is 2.31. The molecule has 0 radical (unpaired) electrons. The highest BCUT2D eigenvalue weighted by Crippen LogP contribution is 2.22. The smallest absolute Gasteiger partial charge is 0.410 e. The number of amides is 1. The number of nitrogens with zero attached hydrogens (tertiary/aromatic N) is 2. The maximum Gasteiger partial charge on any atom is 0.410 e. The molecule has 2 N–H and O–H groups in total. The molecule has 0 aliphatic carbocycles. The van der Waals surface area contributed by atoms with Crippen molar-refractivity contribution in [3.8, 4) is 0 Å². The lowest BCUT2D eigenvalue weighted by Gasteiger charge is -2.28. The van der Waals surface area contributed by atoms with Gasteiger partial charge in [0.05, 0.1) is 6.33 Å². The van der Waals surface area contributed by atoms with Crippen LogP contribution in [0.5, 0.6) is 0 Å². The van der Waals surface area contributed by atoms with Crippen molar-refractivity contribution in [3.05, 3.63) is 18.2 Å². The fourth-order valence-electron chi connectivity index (χ4n) is 2.57. The van der Waals surface area contributed by atoms with E-state index in [0.29, 0.717) is 0 Å². The summed E-state index contributed by atoms with van der Waals surface area (Å²) in [4.78, 5) is 21.1. The van der Waals surface area contributed by atoms with Gasteiger partial charge in [0.25, 0.3) is 0 Å². The van der Waals surface area contributed by atoms with Crippen LogP contribution >= 0.6 is 0 Å². The monoisotopic (exact) mass is 294 g/mol. The number of aromatic amines is 1. The quantitative estimate of drug-likeness (QED) is 0.817.